The van der Waals surface area contributed by atoms with Gasteiger partial charge in [0, 0.05) is 23.7 Å². The normalized spacial score (nSPS) is 16.0. The van der Waals surface area contributed by atoms with Gasteiger partial charge in [-0.1, -0.05) is 11.6 Å². The Hall–Kier alpha value is -1.95. The van der Waals surface area contributed by atoms with Crippen molar-refractivity contribution in [3.05, 3.63) is 51.5 Å². The van der Waals surface area contributed by atoms with Crippen LogP contribution in [-0.4, -0.2) is 52.9 Å². The van der Waals surface area contributed by atoms with Gasteiger partial charge in [0.1, 0.15) is 12.4 Å². The standard InChI is InChI=1S/C22H29ClN2O3/c1-14-10-19(26-4)17(12-18(14)23)22-16-13-21(28-9-8-25(2)3)20(27-5)11-15(16)6-7-24-22/h10-13,22,24H,6-9H2,1-5H3. The Bertz CT molecular complexity index is 839. The predicted molar refractivity (Wildman–Crippen MR) is 113 cm³/mol. The Morgan fingerprint density at radius 2 is 1.79 bits per heavy atom. The van der Waals surface area contributed by atoms with E-state index in [4.69, 9.17) is 25.8 Å². The van der Waals surface area contributed by atoms with Crippen molar-refractivity contribution in [1.29, 1.82) is 0 Å². The fourth-order valence-corrected chi connectivity index (χ4v) is 3.70. The summed E-state index contributed by atoms with van der Waals surface area (Å²) in [5.41, 5.74) is 4.45. The molecule has 0 bridgehead atoms. The van der Waals surface area contributed by atoms with Crippen LogP contribution in [0.2, 0.25) is 5.02 Å². The summed E-state index contributed by atoms with van der Waals surface area (Å²) in [6, 6.07) is 8.16. The molecule has 0 fully saturated rings. The Labute approximate surface area is 172 Å². The lowest BCUT2D eigenvalue weighted by atomic mass is 9.88. The average Bonchev–Trinajstić information content (AvgIpc) is 2.68. The molecule has 1 atom stereocenters. The van der Waals surface area contributed by atoms with Crippen molar-refractivity contribution in [3.8, 4) is 17.2 Å². The first-order chi connectivity index (χ1) is 13.4. The molecule has 2 aromatic rings. The Kier molecular flexibility index (Phi) is 6.70. The zero-order valence-electron chi connectivity index (χ0n) is 17.3. The van der Waals surface area contributed by atoms with Crippen LogP contribution in [0.5, 0.6) is 17.2 Å². The summed E-state index contributed by atoms with van der Waals surface area (Å²) in [7, 11) is 7.43. The summed E-state index contributed by atoms with van der Waals surface area (Å²) in [5.74, 6) is 2.36. The molecule has 0 saturated carbocycles. The van der Waals surface area contributed by atoms with Crippen molar-refractivity contribution < 1.29 is 14.2 Å². The van der Waals surface area contributed by atoms with Gasteiger partial charge < -0.3 is 24.4 Å². The number of aryl methyl sites for hydroxylation is 1. The third kappa shape index (κ3) is 4.37. The summed E-state index contributed by atoms with van der Waals surface area (Å²) in [6.45, 7) is 4.29. The lowest BCUT2D eigenvalue weighted by Crippen LogP contribution is -2.31. The zero-order chi connectivity index (χ0) is 20.3. The number of nitrogens with one attached hydrogen (secondary N) is 1. The maximum absolute atomic E-state index is 6.43. The number of likely N-dealkylation sites (N-methyl/N-ethyl adjacent to an activating group) is 1. The summed E-state index contributed by atoms with van der Waals surface area (Å²) in [4.78, 5) is 2.09. The molecule has 28 heavy (non-hydrogen) atoms. The lowest BCUT2D eigenvalue weighted by Gasteiger charge is -2.30. The van der Waals surface area contributed by atoms with Crippen molar-refractivity contribution in [2.24, 2.45) is 0 Å². The van der Waals surface area contributed by atoms with Gasteiger partial charge in [-0.3, -0.25) is 0 Å². The van der Waals surface area contributed by atoms with Crippen LogP contribution in [-0.2, 0) is 6.42 Å². The minimum absolute atomic E-state index is 0.0149. The van der Waals surface area contributed by atoms with Crippen LogP contribution in [0, 0.1) is 6.92 Å². The molecule has 0 amide bonds. The van der Waals surface area contributed by atoms with Gasteiger partial charge in [0.2, 0.25) is 0 Å². The number of nitrogens with zero attached hydrogens (tertiary/aromatic N) is 1. The van der Waals surface area contributed by atoms with Gasteiger partial charge in [-0.2, -0.15) is 0 Å². The number of benzene rings is 2. The molecule has 1 N–H and O–H groups in total. The van der Waals surface area contributed by atoms with Crippen LogP contribution < -0.4 is 19.5 Å². The number of fused-ring (bicyclic) bond motifs is 1. The van der Waals surface area contributed by atoms with E-state index in [9.17, 15) is 0 Å². The van der Waals surface area contributed by atoms with Gasteiger partial charge in [0.05, 0.1) is 20.3 Å². The topological polar surface area (TPSA) is 43.0 Å². The molecule has 0 radical (unpaired) electrons. The Morgan fingerprint density at radius 3 is 2.46 bits per heavy atom. The van der Waals surface area contributed by atoms with Gasteiger partial charge >= 0.3 is 0 Å². The fourth-order valence-electron chi connectivity index (χ4n) is 3.52. The molecular weight excluding hydrogens is 376 g/mol. The number of hydrogen-bond acceptors (Lipinski definition) is 5. The van der Waals surface area contributed by atoms with Crippen LogP contribution in [0.1, 0.15) is 28.3 Å². The van der Waals surface area contributed by atoms with Crippen LogP contribution in [0.3, 0.4) is 0 Å². The minimum atomic E-state index is -0.0149. The van der Waals surface area contributed by atoms with E-state index in [0.717, 1.165) is 52.9 Å². The average molecular weight is 405 g/mol. The van der Waals surface area contributed by atoms with Gasteiger partial charge in [0.25, 0.3) is 0 Å². The summed E-state index contributed by atoms with van der Waals surface area (Å²) in [5, 5.41) is 4.35. The molecule has 0 spiro atoms. The molecular formula is C22H29ClN2O3. The van der Waals surface area contributed by atoms with Crippen molar-refractivity contribution >= 4 is 11.6 Å². The number of halogens is 1. The number of ether oxygens (including phenoxy) is 3. The lowest BCUT2D eigenvalue weighted by molar-refractivity contribution is 0.250. The molecule has 1 aliphatic heterocycles. The monoisotopic (exact) mass is 404 g/mol. The van der Waals surface area contributed by atoms with E-state index >= 15 is 0 Å². The predicted octanol–water partition coefficient (Wildman–Crippen LogP) is 3.84. The molecule has 5 nitrogen and oxygen atoms in total. The van der Waals surface area contributed by atoms with E-state index in [2.05, 4.69) is 22.3 Å². The smallest absolute Gasteiger partial charge is 0.161 e. The van der Waals surface area contributed by atoms with E-state index < -0.39 is 0 Å². The molecule has 152 valence electrons. The van der Waals surface area contributed by atoms with Crippen LogP contribution in [0.15, 0.2) is 24.3 Å². The maximum atomic E-state index is 6.43. The molecule has 1 aliphatic rings. The molecule has 0 aromatic heterocycles. The van der Waals surface area contributed by atoms with E-state index in [0.29, 0.717) is 6.61 Å². The van der Waals surface area contributed by atoms with E-state index in [1.165, 1.54) is 11.1 Å². The van der Waals surface area contributed by atoms with Crippen LogP contribution in [0.25, 0.3) is 0 Å². The van der Waals surface area contributed by atoms with Gasteiger partial charge in [-0.15, -0.1) is 0 Å². The first kappa shape index (κ1) is 20.8. The van der Waals surface area contributed by atoms with Crippen LogP contribution in [0.4, 0.5) is 0 Å². The summed E-state index contributed by atoms with van der Waals surface area (Å²) < 4.78 is 17.3. The zero-order valence-corrected chi connectivity index (χ0v) is 18.0. The number of methoxy groups -OCH3 is 2. The second-order valence-corrected chi connectivity index (χ2v) is 7.74. The molecule has 2 aromatic carbocycles. The van der Waals surface area contributed by atoms with E-state index in [1.807, 2.05) is 33.2 Å². The van der Waals surface area contributed by atoms with Gasteiger partial charge in [0.15, 0.2) is 11.5 Å². The number of hydrogen-bond donors (Lipinski definition) is 1. The van der Waals surface area contributed by atoms with Crippen molar-refractivity contribution in [2.45, 2.75) is 19.4 Å². The van der Waals surface area contributed by atoms with E-state index in [-0.39, 0.29) is 6.04 Å². The van der Waals surface area contributed by atoms with Crippen molar-refractivity contribution in [3.63, 3.8) is 0 Å². The first-order valence-electron chi connectivity index (χ1n) is 9.50. The highest BCUT2D eigenvalue weighted by atomic mass is 35.5. The van der Waals surface area contributed by atoms with Gasteiger partial charge in [-0.05, 0) is 68.4 Å². The van der Waals surface area contributed by atoms with E-state index in [1.54, 1.807) is 14.2 Å². The van der Waals surface area contributed by atoms with Crippen LogP contribution >= 0.6 is 11.6 Å². The highest BCUT2D eigenvalue weighted by molar-refractivity contribution is 6.31. The molecule has 1 unspecified atom stereocenters. The third-order valence-electron chi connectivity index (χ3n) is 5.10. The SMILES string of the molecule is COc1cc2c(cc1OCCN(C)C)C(c1cc(Cl)c(C)cc1OC)NCC2. The Morgan fingerprint density at radius 1 is 1.04 bits per heavy atom. The number of rotatable bonds is 7. The maximum Gasteiger partial charge on any atom is 0.161 e. The van der Waals surface area contributed by atoms with Gasteiger partial charge in [-0.25, -0.2) is 0 Å². The fraction of sp³-hybridized carbons (Fsp3) is 0.455. The van der Waals surface area contributed by atoms with Crippen molar-refractivity contribution in [2.75, 3.05) is 48.0 Å². The highest BCUT2D eigenvalue weighted by Gasteiger charge is 2.27. The molecule has 0 aliphatic carbocycles. The second-order valence-electron chi connectivity index (χ2n) is 7.33. The highest BCUT2D eigenvalue weighted by Crippen LogP contribution is 2.41. The largest absolute Gasteiger partial charge is 0.496 e. The van der Waals surface area contributed by atoms with Crippen molar-refractivity contribution in [1.82, 2.24) is 10.2 Å². The molecule has 1 heterocycles. The Balaban J connectivity index is 2.02. The summed E-state index contributed by atoms with van der Waals surface area (Å²) in [6.07, 6.45) is 0.933. The quantitative estimate of drug-likeness (QED) is 0.759. The first-order valence-corrected chi connectivity index (χ1v) is 9.88. The molecule has 0 saturated heterocycles. The third-order valence-corrected chi connectivity index (χ3v) is 5.50. The summed E-state index contributed by atoms with van der Waals surface area (Å²) >= 11 is 6.43. The molecule has 6 heteroatoms. The minimum Gasteiger partial charge on any atom is -0.496 e. The second kappa shape index (κ2) is 9.03. The molecule has 3 rings (SSSR count).